The average Bonchev–Trinajstić information content (AvgIpc) is 3.24. The van der Waals surface area contributed by atoms with Crippen molar-refractivity contribution in [1.29, 1.82) is 0 Å². The standard InChI is InChI=1S/C25H29N5O2S/c1-16-2-4-17(5-3-16)8-11-26-25(32)27-19-6-7-20-21(14-19)29-33-23(20)24(31)28-22-15-30-12-9-18(22)10-13-30/h2-7,14,18,22H,8-13,15H2,1H3,(H,28,31)(H2,26,27,32)/t22-/m1/s1. The molecule has 0 spiro atoms. The molecule has 2 bridgehead atoms. The van der Waals surface area contributed by atoms with Crippen LogP contribution in [0.5, 0.6) is 0 Å². The summed E-state index contributed by atoms with van der Waals surface area (Å²) in [6, 6.07) is 13.8. The minimum atomic E-state index is -0.253. The second-order valence-corrected chi connectivity index (χ2v) is 9.85. The number of benzene rings is 2. The molecule has 33 heavy (non-hydrogen) atoms. The summed E-state index contributed by atoms with van der Waals surface area (Å²) >= 11 is 1.22. The molecule has 3 amide bonds. The van der Waals surface area contributed by atoms with Crippen LogP contribution in [0.25, 0.3) is 10.9 Å². The first-order chi connectivity index (χ1) is 16.0. The Morgan fingerprint density at radius 2 is 1.91 bits per heavy atom. The summed E-state index contributed by atoms with van der Waals surface area (Å²) in [5.41, 5.74) is 3.79. The summed E-state index contributed by atoms with van der Waals surface area (Å²) < 4.78 is 4.46. The fourth-order valence-electron chi connectivity index (χ4n) is 4.80. The van der Waals surface area contributed by atoms with Crippen LogP contribution in [0, 0.1) is 12.8 Å². The number of carbonyl (C=O) groups is 2. The largest absolute Gasteiger partial charge is 0.347 e. The van der Waals surface area contributed by atoms with Crippen molar-refractivity contribution < 1.29 is 9.59 Å². The third-order valence-electron chi connectivity index (χ3n) is 6.73. The summed E-state index contributed by atoms with van der Waals surface area (Å²) in [5.74, 6) is 0.536. The molecule has 3 aromatic rings. The maximum Gasteiger partial charge on any atom is 0.319 e. The number of hydrogen-bond donors (Lipinski definition) is 3. The SMILES string of the molecule is Cc1ccc(CCNC(=O)Nc2ccc3c(C(=O)N[C@@H]4CN5CCC4CC5)snc3c2)cc1. The zero-order chi connectivity index (χ0) is 22.8. The van der Waals surface area contributed by atoms with E-state index in [2.05, 4.69) is 56.4 Å². The van der Waals surface area contributed by atoms with Gasteiger partial charge in [0.15, 0.2) is 0 Å². The zero-order valence-corrected chi connectivity index (χ0v) is 19.6. The molecule has 0 saturated carbocycles. The molecule has 0 unspecified atom stereocenters. The molecular weight excluding hydrogens is 434 g/mol. The molecule has 172 valence electrons. The van der Waals surface area contributed by atoms with E-state index in [0.717, 1.165) is 49.8 Å². The second-order valence-electron chi connectivity index (χ2n) is 9.08. The third-order valence-corrected chi connectivity index (χ3v) is 7.61. The third kappa shape index (κ3) is 5.02. The average molecular weight is 464 g/mol. The Bertz CT molecular complexity index is 1150. The number of piperidine rings is 3. The minimum absolute atomic E-state index is 0.0455. The number of aryl methyl sites for hydroxylation is 1. The van der Waals surface area contributed by atoms with E-state index in [1.54, 1.807) is 0 Å². The van der Waals surface area contributed by atoms with E-state index in [0.29, 0.717) is 23.0 Å². The Labute approximate surface area is 197 Å². The Hall–Kier alpha value is -2.97. The highest BCUT2D eigenvalue weighted by atomic mass is 32.1. The number of anilines is 1. The van der Waals surface area contributed by atoms with E-state index in [1.165, 1.54) is 22.7 Å². The number of amides is 3. The quantitative estimate of drug-likeness (QED) is 0.519. The lowest BCUT2D eigenvalue weighted by molar-refractivity contribution is 0.0623. The number of aromatic nitrogens is 1. The summed E-state index contributed by atoms with van der Waals surface area (Å²) in [4.78, 5) is 28.3. The fourth-order valence-corrected chi connectivity index (χ4v) is 5.55. The maximum atomic E-state index is 12.9. The lowest BCUT2D eigenvalue weighted by atomic mass is 9.84. The zero-order valence-electron chi connectivity index (χ0n) is 18.8. The normalized spacial score (nSPS) is 21.7. The van der Waals surface area contributed by atoms with Crippen LogP contribution < -0.4 is 16.0 Å². The van der Waals surface area contributed by atoms with Crippen molar-refractivity contribution in [2.45, 2.75) is 32.2 Å². The molecule has 8 heteroatoms. The van der Waals surface area contributed by atoms with Crippen LogP contribution in [-0.2, 0) is 6.42 Å². The van der Waals surface area contributed by atoms with Gasteiger partial charge in [0, 0.05) is 30.2 Å². The predicted molar refractivity (Wildman–Crippen MR) is 132 cm³/mol. The molecule has 3 aliphatic rings. The van der Waals surface area contributed by atoms with Crippen LogP contribution in [-0.4, -0.2) is 53.4 Å². The number of rotatable bonds is 6. The molecule has 1 atom stereocenters. The number of carbonyl (C=O) groups excluding carboxylic acids is 2. The summed E-state index contributed by atoms with van der Waals surface area (Å²) in [6.07, 6.45) is 3.10. The first-order valence-corrected chi connectivity index (χ1v) is 12.4. The Morgan fingerprint density at radius 1 is 1.12 bits per heavy atom. The van der Waals surface area contributed by atoms with Gasteiger partial charge in [-0.15, -0.1) is 0 Å². The van der Waals surface area contributed by atoms with Crippen LogP contribution >= 0.6 is 11.5 Å². The second kappa shape index (κ2) is 9.49. The Kier molecular flexibility index (Phi) is 6.28. The lowest BCUT2D eigenvalue weighted by Crippen LogP contribution is -2.57. The van der Waals surface area contributed by atoms with E-state index >= 15 is 0 Å². The molecule has 4 heterocycles. The van der Waals surface area contributed by atoms with Gasteiger partial charge in [-0.1, -0.05) is 29.8 Å². The van der Waals surface area contributed by atoms with Gasteiger partial charge in [-0.25, -0.2) is 4.79 Å². The molecule has 0 aliphatic carbocycles. The molecule has 0 radical (unpaired) electrons. The number of fused-ring (bicyclic) bond motifs is 4. The molecule has 3 saturated heterocycles. The molecule has 3 N–H and O–H groups in total. The first-order valence-electron chi connectivity index (χ1n) is 11.6. The summed E-state index contributed by atoms with van der Waals surface area (Å²) in [6.45, 7) is 5.85. The van der Waals surface area contributed by atoms with E-state index in [-0.39, 0.29) is 18.0 Å². The van der Waals surface area contributed by atoms with E-state index < -0.39 is 0 Å². The summed E-state index contributed by atoms with van der Waals surface area (Å²) in [7, 11) is 0. The van der Waals surface area contributed by atoms with Crippen molar-refractivity contribution in [2.24, 2.45) is 5.92 Å². The van der Waals surface area contributed by atoms with Crippen molar-refractivity contribution in [3.8, 4) is 0 Å². The van der Waals surface area contributed by atoms with E-state index in [1.807, 2.05) is 18.2 Å². The maximum absolute atomic E-state index is 12.9. The minimum Gasteiger partial charge on any atom is -0.347 e. The molecule has 3 aliphatic heterocycles. The van der Waals surface area contributed by atoms with Crippen molar-refractivity contribution in [3.05, 3.63) is 58.5 Å². The highest BCUT2D eigenvalue weighted by Crippen LogP contribution is 2.29. The molecule has 6 rings (SSSR count). The molecule has 3 fully saturated rings. The monoisotopic (exact) mass is 463 g/mol. The van der Waals surface area contributed by atoms with Crippen LogP contribution in [0.3, 0.4) is 0 Å². The predicted octanol–water partition coefficient (Wildman–Crippen LogP) is 3.79. The summed E-state index contributed by atoms with van der Waals surface area (Å²) in [5, 5.41) is 9.81. The fraction of sp³-hybridized carbons (Fsp3) is 0.400. The lowest BCUT2D eigenvalue weighted by Gasteiger charge is -2.44. The van der Waals surface area contributed by atoms with Crippen LogP contribution in [0.1, 0.15) is 33.6 Å². The highest BCUT2D eigenvalue weighted by molar-refractivity contribution is 7.09. The molecule has 1 aromatic heterocycles. The van der Waals surface area contributed by atoms with Crippen molar-refractivity contribution in [3.63, 3.8) is 0 Å². The van der Waals surface area contributed by atoms with Gasteiger partial charge in [0.25, 0.3) is 5.91 Å². The smallest absolute Gasteiger partial charge is 0.319 e. The number of nitrogens with zero attached hydrogens (tertiary/aromatic N) is 2. The number of urea groups is 1. The Morgan fingerprint density at radius 3 is 2.64 bits per heavy atom. The van der Waals surface area contributed by atoms with Crippen molar-refractivity contribution >= 4 is 40.1 Å². The van der Waals surface area contributed by atoms with Crippen LogP contribution in [0.15, 0.2) is 42.5 Å². The van der Waals surface area contributed by atoms with Crippen LogP contribution in [0.4, 0.5) is 10.5 Å². The van der Waals surface area contributed by atoms with Crippen molar-refractivity contribution in [2.75, 3.05) is 31.5 Å². The van der Waals surface area contributed by atoms with Gasteiger partial charge in [0.2, 0.25) is 0 Å². The highest BCUT2D eigenvalue weighted by Gasteiger charge is 2.35. The molecule has 2 aromatic carbocycles. The van der Waals surface area contributed by atoms with Gasteiger partial charge in [-0.05, 0) is 80.5 Å². The van der Waals surface area contributed by atoms with Crippen molar-refractivity contribution in [1.82, 2.24) is 19.9 Å². The first kappa shape index (κ1) is 21.9. The van der Waals surface area contributed by atoms with Gasteiger partial charge in [0.1, 0.15) is 4.88 Å². The van der Waals surface area contributed by atoms with Gasteiger partial charge < -0.3 is 20.9 Å². The molecule has 7 nitrogen and oxygen atoms in total. The number of hydrogen-bond acceptors (Lipinski definition) is 5. The van der Waals surface area contributed by atoms with E-state index in [9.17, 15) is 9.59 Å². The number of nitrogens with one attached hydrogen (secondary N) is 3. The Balaban J connectivity index is 1.17. The van der Waals surface area contributed by atoms with Gasteiger partial charge in [0.05, 0.1) is 5.52 Å². The van der Waals surface area contributed by atoms with Crippen LogP contribution in [0.2, 0.25) is 0 Å². The van der Waals surface area contributed by atoms with Gasteiger partial charge >= 0.3 is 6.03 Å². The van der Waals surface area contributed by atoms with E-state index in [4.69, 9.17) is 0 Å². The topological polar surface area (TPSA) is 86.4 Å². The molecular formula is C25H29N5O2S. The van der Waals surface area contributed by atoms with Gasteiger partial charge in [-0.2, -0.15) is 4.37 Å². The van der Waals surface area contributed by atoms with Gasteiger partial charge in [-0.3, -0.25) is 4.79 Å².